The molecule has 0 spiro atoms. The fourth-order valence-electron chi connectivity index (χ4n) is 0. The van der Waals surface area contributed by atoms with E-state index in [9.17, 15) is 0 Å². The van der Waals surface area contributed by atoms with Crippen molar-refractivity contribution < 1.29 is 36.1 Å². The second-order valence-electron chi connectivity index (χ2n) is 0.346. The quantitative estimate of drug-likeness (QED) is 0.355. The Morgan fingerprint density at radius 3 is 1.00 bits per heavy atom. The van der Waals surface area contributed by atoms with Gasteiger partial charge >= 0.3 is 7.32 Å². The van der Waals surface area contributed by atoms with Crippen molar-refractivity contribution in [1.82, 2.24) is 0 Å². The van der Waals surface area contributed by atoms with Crippen molar-refractivity contribution in [3.05, 3.63) is 0 Å². The summed E-state index contributed by atoms with van der Waals surface area (Å²) in [6.45, 7) is 0. The van der Waals surface area contributed by atoms with Crippen LogP contribution in [-0.2, 0) is 21.1 Å². The zero-order valence-electron chi connectivity index (χ0n) is 2.33. The van der Waals surface area contributed by atoms with Crippen molar-refractivity contribution in [2.75, 3.05) is 0 Å². The Kier molecular flexibility index (Phi) is 8.49. The molecule has 0 saturated heterocycles. The second-order valence-corrected chi connectivity index (χ2v) is 0.346. The van der Waals surface area contributed by atoms with Crippen molar-refractivity contribution in [1.29, 1.82) is 0 Å². The molecule has 0 aromatic rings. The molecular weight excluding hydrogens is 155 g/mol. The van der Waals surface area contributed by atoms with E-state index in [1.54, 1.807) is 0 Å². The average Bonchev–Trinajstić information content (AvgIpc) is 0.811. The van der Waals surface area contributed by atoms with Crippen LogP contribution in [0.1, 0.15) is 0 Å². The first kappa shape index (κ1) is 9.16. The SMILES string of the molecule is OB(O)O.[Mo]. The molecule has 3 N–H and O–H groups in total. The average molecular weight is 158 g/mol. The van der Waals surface area contributed by atoms with E-state index in [0.717, 1.165) is 0 Å². The largest absolute Gasteiger partial charge is 0.631 e. The van der Waals surface area contributed by atoms with Gasteiger partial charge in [0, 0.05) is 21.1 Å². The first-order chi connectivity index (χ1) is 1.73. The van der Waals surface area contributed by atoms with Crippen LogP contribution in [0.5, 0.6) is 0 Å². The van der Waals surface area contributed by atoms with Crippen LogP contribution >= 0.6 is 0 Å². The molecule has 0 atom stereocenters. The van der Waals surface area contributed by atoms with Crippen LogP contribution in [0.3, 0.4) is 0 Å². The summed E-state index contributed by atoms with van der Waals surface area (Å²) in [5.74, 6) is 0. The Balaban J connectivity index is 0. The Labute approximate surface area is 44.1 Å². The third-order valence-corrected chi connectivity index (χ3v) is 0. The summed E-state index contributed by atoms with van der Waals surface area (Å²) in [6, 6.07) is 0. The molecule has 0 rings (SSSR count). The molecule has 0 unspecified atom stereocenters. The molecule has 0 fully saturated rings. The van der Waals surface area contributed by atoms with E-state index >= 15 is 0 Å². The molecule has 3 nitrogen and oxygen atoms in total. The number of hydrogen-bond acceptors (Lipinski definition) is 3. The van der Waals surface area contributed by atoms with E-state index < -0.39 is 7.32 Å². The molecule has 0 aliphatic heterocycles. The Bertz CT molecular complexity index is 11.6. The van der Waals surface area contributed by atoms with Crippen molar-refractivity contribution >= 4 is 7.32 Å². The molecule has 30 valence electrons. The van der Waals surface area contributed by atoms with Gasteiger partial charge in [0.15, 0.2) is 0 Å². The maximum absolute atomic E-state index is 7.17. The van der Waals surface area contributed by atoms with Crippen LogP contribution in [0.15, 0.2) is 0 Å². The second kappa shape index (κ2) is 4.63. The van der Waals surface area contributed by atoms with E-state index in [1.165, 1.54) is 0 Å². The zero-order chi connectivity index (χ0) is 3.58. The van der Waals surface area contributed by atoms with Crippen molar-refractivity contribution in [3.63, 3.8) is 0 Å². The summed E-state index contributed by atoms with van der Waals surface area (Å²) in [5, 5.41) is 21.5. The Morgan fingerprint density at radius 2 is 1.00 bits per heavy atom. The standard InChI is InChI=1S/BH3O3.Mo/c2-1(3)4;/h2-4H;. The van der Waals surface area contributed by atoms with Crippen LogP contribution in [0.4, 0.5) is 0 Å². The monoisotopic (exact) mass is 160 g/mol. The first-order valence-electron chi connectivity index (χ1n) is 0.775. The Morgan fingerprint density at radius 1 is 1.00 bits per heavy atom. The van der Waals surface area contributed by atoms with E-state index in [2.05, 4.69) is 0 Å². The molecule has 0 aliphatic rings. The molecular formula is H3BMoO3. The fourth-order valence-corrected chi connectivity index (χ4v) is 0. The molecule has 5 heteroatoms. The predicted molar refractivity (Wildman–Crippen MR) is 12.4 cm³/mol. The third-order valence-electron chi connectivity index (χ3n) is 0. The van der Waals surface area contributed by atoms with Gasteiger partial charge in [0.25, 0.3) is 0 Å². The predicted octanol–water partition coefficient (Wildman–Crippen LogP) is -2.05. The van der Waals surface area contributed by atoms with Gasteiger partial charge in [-0.25, -0.2) is 0 Å². The van der Waals surface area contributed by atoms with Gasteiger partial charge in [-0.3, -0.25) is 0 Å². The smallest absolute Gasteiger partial charge is 0.402 e. The van der Waals surface area contributed by atoms with Crippen LogP contribution in [0.25, 0.3) is 0 Å². The summed E-state index contributed by atoms with van der Waals surface area (Å²) in [7, 11) is -2.17. The molecule has 0 aromatic carbocycles. The van der Waals surface area contributed by atoms with Crippen LogP contribution < -0.4 is 0 Å². The molecule has 0 radical (unpaired) electrons. The summed E-state index contributed by atoms with van der Waals surface area (Å²) in [6.07, 6.45) is 0. The van der Waals surface area contributed by atoms with Crippen LogP contribution in [0, 0.1) is 0 Å². The van der Waals surface area contributed by atoms with Gasteiger partial charge < -0.3 is 15.1 Å². The Hall–Kier alpha value is 0.633. The minimum atomic E-state index is -2.17. The maximum atomic E-state index is 7.17. The van der Waals surface area contributed by atoms with Crippen molar-refractivity contribution in [3.8, 4) is 0 Å². The molecule has 0 bridgehead atoms. The molecule has 0 amide bonds. The minimum absolute atomic E-state index is 0. The first-order valence-corrected chi connectivity index (χ1v) is 0.775. The molecule has 0 aromatic heterocycles. The normalized spacial score (nSPS) is 5.40. The number of rotatable bonds is 0. The summed E-state index contributed by atoms with van der Waals surface area (Å²) >= 11 is 0. The van der Waals surface area contributed by atoms with Crippen molar-refractivity contribution in [2.45, 2.75) is 0 Å². The van der Waals surface area contributed by atoms with Gasteiger partial charge in [-0.1, -0.05) is 0 Å². The van der Waals surface area contributed by atoms with Crippen LogP contribution in [-0.4, -0.2) is 22.4 Å². The minimum Gasteiger partial charge on any atom is -0.402 e. The van der Waals surface area contributed by atoms with E-state index in [1.807, 2.05) is 0 Å². The van der Waals surface area contributed by atoms with E-state index in [4.69, 9.17) is 15.1 Å². The maximum Gasteiger partial charge on any atom is 0.631 e. The topological polar surface area (TPSA) is 60.7 Å². The summed E-state index contributed by atoms with van der Waals surface area (Å²) in [5.41, 5.74) is 0. The molecule has 0 aliphatic carbocycles. The van der Waals surface area contributed by atoms with Gasteiger partial charge in [-0.2, -0.15) is 0 Å². The summed E-state index contributed by atoms with van der Waals surface area (Å²) in [4.78, 5) is 0. The fraction of sp³-hybridized carbons (Fsp3) is 0. The zero-order valence-corrected chi connectivity index (χ0v) is 4.33. The van der Waals surface area contributed by atoms with E-state index in [-0.39, 0.29) is 21.1 Å². The van der Waals surface area contributed by atoms with Crippen LogP contribution in [0.2, 0.25) is 0 Å². The molecule has 0 heterocycles. The van der Waals surface area contributed by atoms with Gasteiger partial charge in [0.05, 0.1) is 0 Å². The van der Waals surface area contributed by atoms with Gasteiger partial charge in [-0.05, 0) is 0 Å². The van der Waals surface area contributed by atoms with Gasteiger partial charge in [0.2, 0.25) is 0 Å². The van der Waals surface area contributed by atoms with Crippen molar-refractivity contribution in [2.24, 2.45) is 0 Å². The van der Waals surface area contributed by atoms with Gasteiger partial charge in [-0.15, -0.1) is 0 Å². The third kappa shape index (κ3) is 80.1. The summed E-state index contributed by atoms with van der Waals surface area (Å²) < 4.78 is 0. The molecule has 5 heavy (non-hydrogen) atoms. The molecule has 0 saturated carbocycles. The van der Waals surface area contributed by atoms with E-state index in [0.29, 0.717) is 0 Å². The van der Waals surface area contributed by atoms with Gasteiger partial charge in [0.1, 0.15) is 0 Å². The number of hydrogen-bond donors (Lipinski definition) is 3.